The second-order valence-electron chi connectivity index (χ2n) is 8.74. The molecule has 3 aromatic rings. The van der Waals surface area contributed by atoms with E-state index >= 15 is 0 Å². The van der Waals surface area contributed by atoms with E-state index in [4.69, 9.17) is 16.3 Å². The lowest BCUT2D eigenvalue weighted by atomic mass is 9.81. The van der Waals surface area contributed by atoms with Gasteiger partial charge < -0.3 is 14.6 Å². The number of carbonyl (C=O) groups is 2. The number of fused-ring (bicyclic) bond motifs is 3. The molecular weight excluding hydrogens is 412 g/mol. The average molecular weight is 437 g/mol. The Morgan fingerprint density at radius 2 is 1.77 bits per heavy atom. The number of ether oxygens (including phenoxy) is 1. The Labute approximate surface area is 186 Å². The largest absolute Gasteiger partial charge is 0.459 e. The molecule has 0 aliphatic carbocycles. The Morgan fingerprint density at radius 1 is 1.10 bits per heavy atom. The number of nitrogens with one attached hydrogen (secondary N) is 1. The van der Waals surface area contributed by atoms with Gasteiger partial charge in [-0.3, -0.25) is 4.79 Å². The van der Waals surface area contributed by atoms with Crippen LogP contribution in [0.2, 0.25) is 5.02 Å². The summed E-state index contributed by atoms with van der Waals surface area (Å²) in [5.41, 5.74) is 3.06. The van der Waals surface area contributed by atoms with Gasteiger partial charge in [0.15, 0.2) is 0 Å². The van der Waals surface area contributed by atoms with Crippen LogP contribution in [0.15, 0.2) is 54.7 Å². The van der Waals surface area contributed by atoms with Gasteiger partial charge in [-0.2, -0.15) is 0 Å². The molecule has 0 atom stereocenters. The molecule has 1 aromatic heterocycles. The van der Waals surface area contributed by atoms with Crippen molar-refractivity contribution < 1.29 is 14.3 Å². The molecule has 31 heavy (non-hydrogen) atoms. The van der Waals surface area contributed by atoms with Gasteiger partial charge in [-0.05, 0) is 49.7 Å². The van der Waals surface area contributed by atoms with Crippen molar-refractivity contribution in [1.82, 2.24) is 9.88 Å². The number of para-hydroxylation sites is 1. The van der Waals surface area contributed by atoms with Crippen molar-refractivity contribution in [2.45, 2.75) is 39.2 Å². The van der Waals surface area contributed by atoms with E-state index in [1.165, 1.54) is 0 Å². The molecule has 0 radical (unpaired) electrons. The summed E-state index contributed by atoms with van der Waals surface area (Å²) in [4.78, 5) is 31.4. The number of hydrogen-bond donors (Lipinski definition) is 1. The number of esters is 1. The third-order valence-corrected chi connectivity index (χ3v) is 5.67. The van der Waals surface area contributed by atoms with Crippen LogP contribution in [0.5, 0.6) is 0 Å². The SMILES string of the molecule is CC(C)OC(=O)C1=CN(C(=O)c2ccc(Cl)cc2)CC(C)(C)c2c1[nH]c1ccccc21. The maximum Gasteiger partial charge on any atom is 0.342 e. The van der Waals surface area contributed by atoms with Crippen LogP contribution >= 0.6 is 11.6 Å². The van der Waals surface area contributed by atoms with E-state index in [2.05, 4.69) is 18.8 Å². The van der Waals surface area contributed by atoms with Crippen LogP contribution in [-0.4, -0.2) is 34.4 Å². The zero-order chi connectivity index (χ0) is 22.3. The molecule has 2 heterocycles. The van der Waals surface area contributed by atoms with Gasteiger partial charge in [0.25, 0.3) is 5.91 Å². The van der Waals surface area contributed by atoms with Crippen LogP contribution in [-0.2, 0) is 14.9 Å². The number of halogens is 1. The van der Waals surface area contributed by atoms with Gasteiger partial charge >= 0.3 is 5.97 Å². The summed E-state index contributed by atoms with van der Waals surface area (Å²) >= 11 is 5.99. The molecule has 0 spiro atoms. The third-order valence-electron chi connectivity index (χ3n) is 5.42. The fourth-order valence-electron chi connectivity index (χ4n) is 4.14. The van der Waals surface area contributed by atoms with Crippen molar-refractivity contribution >= 4 is 40.0 Å². The zero-order valence-corrected chi connectivity index (χ0v) is 18.8. The summed E-state index contributed by atoms with van der Waals surface area (Å²) in [6.45, 7) is 8.18. The molecule has 0 saturated heterocycles. The van der Waals surface area contributed by atoms with Gasteiger partial charge in [-0.25, -0.2) is 4.79 Å². The number of aromatic nitrogens is 1. The maximum atomic E-state index is 13.4. The van der Waals surface area contributed by atoms with Gasteiger partial charge in [0.2, 0.25) is 0 Å². The van der Waals surface area contributed by atoms with Gasteiger partial charge in [-0.1, -0.05) is 43.6 Å². The number of aromatic amines is 1. The minimum absolute atomic E-state index is 0.200. The second kappa shape index (κ2) is 7.89. The van der Waals surface area contributed by atoms with E-state index in [-0.39, 0.29) is 12.0 Å². The van der Waals surface area contributed by atoms with E-state index in [1.807, 2.05) is 38.1 Å². The normalized spacial score (nSPS) is 15.4. The molecule has 1 amide bonds. The summed E-state index contributed by atoms with van der Waals surface area (Å²) in [6.07, 6.45) is 1.34. The molecule has 1 aliphatic rings. The minimum atomic E-state index is -0.464. The van der Waals surface area contributed by atoms with Gasteiger partial charge in [0.1, 0.15) is 0 Å². The number of carbonyl (C=O) groups excluding carboxylic acids is 2. The predicted molar refractivity (Wildman–Crippen MR) is 123 cm³/mol. The van der Waals surface area contributed by atoms with Crippen molar-refractivity contribution in [3.63, 3.8) is 0 Å². The van der Waals surface area contributed by atoms with Gasteiger partial charge in [0.05, 0.1) is 17.4 Å². The van der Waals surface area contributed by atoms with Crippen LogP contribution in [0.25, 0.3) is 16.5 Å². The Kier molecular flexibility index (Phi) is 5.40. The highest BCUT2D eigenvalue weighted by Gasteiger charge is 2.37. The van der Waals surface area contributed by atoms with Crippen molar-refractivity contribution in [2.75, 3.05) is 6.54 Å². The molecule has 0 fully saturated rings. The first-order valence-corrected chi connectivity index (χ1v) is 10.7. The van der Waals surface area contributed by atoms with Crippen molar-refractivity contribution in [3.8, 4) is 0 Å². The standard InChI is InChI=1S/C25H25ClN2O3/c1-15(2)31-24(30)19-13-28(23(29)16-9-11-17(26)12-10-16)14-25(3,4)21-18-7-5-6-8-20(18)27-22(19)21/h5-13,15,27H,14H2,1-4H3. The highest BCUT2D eigenvalue weighted by atomic mass is 35.5. The van der Waals surface area contributed by atoms with Crippen LogP contribution in [0, 0.1) is 0 Å². The lowest BCUT2D eigenvalue weighted by Gasteiger charge is -2.29. The highest BCUT2D eigenvalue weighted by Crippen LogP contribution is 2.40. The quantitative estimate of drug-likeness (QED) is 0.547. The highest BCUT2D eigenvalue weighted by molar-refractivity contribution is 6.30. The predicted octanol–water partition coefficient (Wildman–Crippen LogP) is 5.55. The molecule has 1 aliphatic heterocycles. The van der Waals surface area contributed by atoms with Crippen LogP contribution in [0.4, 0.5) is 0 Å². The fraction of sp³-hybridized carbons (Fsp3) is 0.280. The number of benzene rings is 2. The Bertz CT molecular complexity index is 1190. The summed E-state index contributed by atoms with van der Waals surface area (Å²) in [5.74, 6) is -0.663. The summed E-state index contributed by atoms with van der Waals surface area (Å²) in [6, 6.07) is 14.7. The number of amides is 1. The maximum absolute atomic E-state index is 13.4. The average Bonchev–Trinajstić information content (AvgIpc) is 3.05. The molecule has 4 rings (SSSR count). The Balaban J connectivity index is 1.89. The molecule has 0 saturated carbocycles. The van der Waals surface area contributed by atoms with E-state index in [0.29, 0.717) is 28.4 Å². The van der Waals surface area contributed by atoms with Crippen LogP contribution < -0.4 is 0 Å². The Hall–Kier alpha value is -3.05. The van der Waals surface area contributed by atoms with Crippen molar-refractivity contribution in [2.24, 2.45) is 0 Å². The molecule has 2 aromatic carbocycles. The molecule has 1 N–H and O–H groups in total. The fourth-order valence-corrected chi connectivity index (χ4v) is 4.26. The Morgan fingerprint density at radius 3 is 2.45 bits per heavy atom. The number of hydrogen-bond acceptors (Lipinski definition) is 3. The molecule has 0 bridgehead atoms. The molecule has 160 valence electrons. The smallest absolute Gasteiger partial charge is 0.342 e. The van der Waals surface area contributed by atoms with E-state index in [1.54, 1.807) is 35.4 Å². The summed E-state index contributed by atoms with van der Waals surface area (Å²) in [7, 11) is 0. The zero-order valence-electron chi connectivity index (χ0n) is 18.0. The van der Waals surface area contributed by atoms with Crippen LogP contribution in [0.1, 0.15) is 49.3 Å². The van der Waals surface area contributed by atoms with Crippen LogP contribution in [0.3, 0.4) is 0 Å². The molecular formula is C25H25ClN2O3. The first kappa shape index (κ1) is 21.2. The summed E-state index contributed by atoms with van der Waals surface area (Å²) in [5, 5.41) is 1.59. The summed E-state index contributed by atoms with van der Waals surface area (Å²) < 4.78 is 5.53. The lowest BCUT2D eigenvalue weighted by molar-refractivity contribution is -0.140. The van der Waals surface area contributed by atoms with Gasteiger partial charge in [-0.15, -0.1) is 0 Å². The first-order chi connectivity index (χ1) is 14.7. The lowest BCUT2D eigenvalue weighted by Crippen LogP contribution is -2.36. The third kappa shape index (κ3) is 3.98. The minimum Gasteiger partial charge on any atom is -0.459 e. The van der Waals surface area contributed by atoms with Crippen molar-refractivity contribution in [3.05, 3.63) is 76.6 Å². The second-order valence-corrected chi connectivity index (χ2v) is 9.18. The van der Waals surface area contributed by atoms with Gasteiger partial charge in [0, 0.05) is 39.6 Å². The molecule has 6 heteroatoms. The molecule has 5 nitrogen and oxygen atoms in total. The number of H-pyrrole nitrogens is 1. The first-order valence-electron chi connectivity index (χ1n) is 10.3. The van der Waals surface area contributed by atoms with Crippen molar-refractivity contribution in [1.29, 1.82) is 0 Å². The number of nitrogens with zero attached hydrogens (tertiary/aromatic N) is 1. The monoisotopic (exact) mass is 436 g/mol. The topological polar surface area (TPSA) is 62.4 Å². The van der Waals surface area contributed by atoms with E-state index in [9.17, 15) is 9.59 Å². The number of rotatable bonds is 3. The molecule has 0 unspecified atom stereocenters. The van der Waals surface area contributed by atoms with E-state index < -0.39 is 11.4 Å². The van der Waals surface area contributed by atoms with E-state index in [0.717, 1.165) is 16.5 Å².